The van der Waals surface area contributed by atoms with E-state index in [0.29, 0.717) is 11.4 Å². The molecule has 1 aromatic carbocycles. The van der Waals surface area contributed by atoms with E-state index >= 15 is 0 Å². The Morgan fingerprint density at radius 1 is 1.20 bits per heavy atom. The number of halogens is 1. The van der Waals surface area contributed by atoms with Crippen LogP contribution in [0.2, 0.25) is 0 Å². The number of pyridine rings is 1. The van der Waals surface area contributed by atoms with Gasteiger partial charge in [-0.1, -0.05) is 28.1 Å². The van der Waals surface area contributed by atoms with E-state index in [4.69, 9.17) is 5.73 Å². The van der Waals surface area contributed by atoms with Crippen molar-refractivity contribution < 1.29 is 4.79 Å². The van der Waals surface area contributed by atoms with E-state index in [0.717, 1.165) is 10.0 Å². The van der Waals surface area contributed by atoms with Crippen LogP contribution in [0.15, 0.2) is 47.1 Å². The molecular weight excluding hydrogens is 318 g/mol. The zero-order chi connectivity index (χ0) is 14.8. The molecule has 2 rings (SSSR count). The van der Waals surface area contributed by atoms with Crippen LogP contribution >= 0.6 is 15.9 Å². The zero-order valence-corrected chi connectivity index (χ0v) is 12.9. The smallest absolute Gasteiger partial charge is 0.270 e. The van der Waals surface area contributed by atoms with Crippen LogP contribution in [0.1, 0.15) is 29.9 Å². The third kappa shape index (κ3) is 3.36. The van der Waals surface area contributed by atoms with Crippen molar-refractivity contribution in [1.29, 1.82) is 0 Å². The van der Waals surface area contributed by atoms with E-state index in [1.807, 2.05) is 38.1 Å². The van der Waals surface area contributed by atoms with E-state index in [2.05, 4.69) is 26.2 Å². The lowest BCUT2D eigenvalue weighted by atomic mass is 9.94. The van der Waals surface area contributed by atoms with Crippen molar-refractivity contribution in [2.75, 3.05) is 5.73 Å². The van der Waals surface area contributed by atoms with Crippen LogP contribution < -0.4 is 11.1 Å². The molecule has 0 saturated heterocycles. The summed E-state index contributed by atoms with van der Waals surface area (Å²) in [7, 11) is 0. The Hall–Kier alpha value is -1.88. The molecule has 0 spiro atoms. The Morgan fingerprint density at radius 3 is 2.40 bits per heavy atom. The highest BCUT2D eigenvalue weighted by Gasteiger charge is 2.23. The number of aromatic nitrogens is 1. The van der Waals surface area contributed by atoms with Gasteiger partial charge in [0.2, 0.25) is 0 Å². The number of benzene rings is 1. The first kappa shape index (κ1) is 14.5. The first-order valence-electron chi connectivity index (χ1n) is 6.18. The Bertz CT molecular complexity index is 606. The van der Waals surface area contributed by atoms with Gasteiger partial charge in [0.1, 0.15) is 5.69 Å². The summed E-state index contributed by atoms with van der Waals surface area (Å²) in [5.41, 5.74) is 6.98. The monoisotopic (exact) mass is 333 g/mol. The van der Waals surface area contributed by atoms with Crippen LogP contribution in [0.25, 0.3) is 0 Å². The summed E-state index contributed by atoms with van der Waals surface area (Å²) in [4.78, 5) is 16.2. The standard InChI is InChI=1S/C15H16BrN3O/c1-15(2,10-3-5-11(16)6-4-10)19-14(20)13-8-7-12(17)9-18-13/h3-9H,17H2,1-2H3,(H,19,20). The van der Waals surface area contributed by atoms with E-state index in [-0.39, 0.29) is 5.91 Å². The van der Waals surface area contributed by atoms with Crippen LogP contribution in [0.4, 0.5) is 5.69 Å². The van der Waals surface area contributed by atoms with Gasteiger partial charge < -0.3 is 11.1 Å². The number of nitrogens with one attached hydrogen (secondary N) is 1. The van der Waals surface area contributed by atoms with Gasteiger partial charge in [0, 0.05) is 4.47 Å². The molecule has 4 nitrogen and oxygen atoms in total. The first-order valence-corrected chi connectivity index (χ1v) is 6.98. The van der Waals surface area contributed by atoms with E-state index in [9.17, 15) is 4.79 Å². The SMILES string of the molecule is CC(C)(NC(=O)c1ccc(N)cn1)c1ccc(Br)cc1. The molecule has 0 aliphatic carbocycles. The summed E-state index contributed by atoms with van der Waals surface area (Å²) in [5.74, 6) is -0.224. The van der Waals surface area contributed by atoms with Crippen molar-refractivity contribution in [2.24, 2.45) is 0 Å². The number of amides is 1. The maximum Gasteiger partial charge on any atom is 0.270 e. The summed E-state index contributed by atoms with van der Waals surface area (Å²) in [5, 5.41) is 2.97. The molecular formula is C15H16BrN3O. The average Bonchev–Trinajstić information content (AvgIpc) is 2.39. The molecule has 0 fully saturated rings. The number of nitrogens with zero attached hydrogens (tertiary/aromatic N) is 1. The second-order valence-corrected chi connectivity index (χ2v) is 5.98. The predicted octanol–water partition coefficient (Wildman–Crippen LogP) is 3.09. The van der Waals surface area contributed by atoms with Crippen molar-refractivity contribution in [1.82, 2.24) is 10.3 Å². The molecule has 0 bridgehead atoms. The molecule has 2 aromatic rings. The molecule has 3 N–H and O–H groups in total. The number of carbonyl (C=O) groups excluding carboxylic acids is 1. The van der Waals surface area contributed by atoms with Gasteiger partial charge >= 0.3 is 0 Å². The molecule has 1 heterocycles. The minimum absolute atomic E-state index is 0.224. The lowest BCUT2D eigenvalue weighted by molar-refractivity contribution is 0.0907. The highest BCUT2D eigenvalue weighted by molar-refractivity contribution is 9.10. The van der Waals surface area contributed by atoms with E-state index < -0.39 is 5.54 Å². The molecule has 0 atom stereocenters. The Kier molecular flexibility index (Phi) is 4.09. The van der Waals surface area contributed by atoms with Gasteiger partial charge in [-0.05, 0) is 43.7 Å². The molecule has 1 aromatic heterocycles. The van der Waals surface area contributed by atoms with Crippen LogP contribution in [-0.2, 0) is 5.54 Å². The van der Waals surface area contributed by atoms with Crippen molar-refractivity contribution in [3.8, 4) is 0 Å². The van der Waals surface area contributed by atoms with Gasteiger partial charge in [-0.2, -0.15) is 0 Å². The van der Waals surface area contributed by atoms with Gasteiger partial charge in [-0.25, -0.2) is 4.98 Å². The third-order valence-electron chi connectivity index (χ3n) is 3.01. The molecule has 104 valence electrons. The predicted molar refractivity (Wildman–Crippen MR) is 83.3 cm³/mol. The average molecular weight is 334 g/mol. The fraction of sp³-hybridized carbons (Fsp3) is 0.200. The van der Waals surface area contributed by atoms with Crippen molar-refractivity contribution in [3.63, 3.8) is 0 Å². The minimum Gasteiger partial charge on any atom is -0.397 e. The van der Waals surface area contributed by atoms with Crippen molar-refractivity contribution >= 4 is 27.5 Å². The van der Waals surface area contributed by atoms with Crippen molar-refractivity contribution in [2.45, 2.75) is 19.4 Å². The quantitative estimate of drug-likeness (QED) is 0.906. The maximum atomic E-state index is 12.2. The normalized spacial score (nSPS) is 11.2. The number of anilines is 1. The second kappa shape index (κ2) is 5.63. The maximum absolute atomic E-state index is 12.2. The number of rotatable bonds is 3. The van der Waals surface area contributed by atoms with E-state index in [1.165, 1.54) is 6.20 Å². The first-order chi connectivity index (χ1) is 9.38. The molecule has 0 radical (unpaired) electrons. The van der Waals surface area contributed by atoms with Gasteiger partial charge in [0.05, 0.1) is 17.4 Å². The molecule has 5 heteroatoms. The van der Waals surface area contributed by atoms with Crippen LogP contribution in [0.3, 0.4) is 0 Å². The van der Waals surface area contributed by atoms with Gasteiger partial charge in [-0.3, -0.25) is 4.79 Å². The molecule has 0 unspecified atom stereocenters. The molecule has 1 amide bonds. The number of hydrogen-bond acceptors (Lipinski definition) is 3. The highest BCUT2D eigenvalue weighted by atomic mass is 79.9. The van der Waals surface area contributed by atoms with Crippen LogP contribution in [0, 0.1) is 0 Å². The fourth-order valence-corrected chi connectivity index (χ4v) is 2.09. The summed E-state index contributed by atoms with van der Waals surface area (Å²) >= 11 is 3.40. The van der Waals surface area contributed by atoms with Crippen molar-refractivity contribution in [3.05, 3.63) is 58.3 Å². The number of carbonyl (C=O) groups is 1. The Balaban J connectivity index is 2.17. The summed E-state index contributed by atoms with van der Waals surface area (Å²) in [6, 6.07) is 11.1. The summed E-state index contributed by atoms with van der Waals surface area (Å²) < 4.78 is 1.00. The Labute approximate surface area is 126 Å². The second-order valence-electron chi connectivity index (χ2n) is 5.06. The number of nitrogen functional groups attached to an aromatic ring is 1. The molecule has 0 aliphatic rings. The largest absolute Gasteiger partial charge is 0.397 e. The number of hydrogen-bond donors (Lipinski definition) is 2. The van der Waals surface area contributed by atoms with Gasteiger partial charge in [0.25, 0.3) is 5.91 Å². The zero-order valence-electron chi connectivity index (χ0n) is 11.4. The lowest BCUT2D eigenvalue weighted by Crippen LogP contribution is -2.41. The number of nitrogens with two attached hydrogens (primary N) is 1. The third-order valence-corrected chi connectivity index (χ3v) is 3.54. The summed E-state index contributed by atoms with van der Waals surface area (Å²) in [6.45, 7) is 3.90. The van der Waals surface area contributed by atoms with Crippen LogP contribution in [0.5, 0.6) is 0 Å². The van der Waals surface area contributed by atoms with E-state index in [1.54, 1.807) is 12.1 Å². The molecule has 0 aliphatic heterocycles. The minimum atomic E-state index is -0.485. The fourth-order valence-electron chi connectivity index (χ4n) is 1.83. The van der Waals surface area contributed by atoms with Gasteiger partial charge in [0.15, 0.2) is 0 Å². The molecule has 20 heavy (non-hydrogen) atoms. The Morgan fingerprint density at radius 2 is 1.85 bits per heavy atom. The highest BCUT2D eigenvalue weighted by Crippen LogP contribution is 2.22. The lowest BCUT2D eigenvalue weighted by Gasteiger charge is -2.26. The molecule has 0 saturated carbocycles. The topological polar surface area (TPSA) is 68.0 Å². The summed E-state index contributed by atoms with van der Waals surface area (Å²) in [6.07, 6.45) is 1.47. The van der Waals surface area contributed by atoms with Gasteiger partial charge in [-0.15, -0.1) is 0 Å². The van der Waals surface area contributed by atoms with Crippen LogP contribution in [-0.4, -0.2) is 10.9 Å².